The fraction of sp³-hybridized carbons (Fsp3) is 0.591. The number of hydrogen-bond acceptors (Lipinski definition) is 6. The second-order valence-electron chi connectivity index (χ2n) is 8.81. The number of aromatic nitrogens is 1. The first-order valence-electron chi connectivity index (χ1n) is 10.8. The number of carbonyl (C=O) groups excluding carboxylic acids is 2. The van der Waals surface area contributed by atoms with Crippen LogP contribution >= 0.6 is 11.3 Å². The van der Waals surface area contributed by atoms with Crippen LogP contribution in [0.2, 0.25) is 0 Å². The van der Waals surface area contributed by atoms with Gasteiger partial charge < -0.3 is 14.6 Å². The van der Waals surface area contributed by atoms with Gasteiger partial charge in [-0.05, 0) is 44.2 Å². The molecule has 5 rings (SSSR count). The maximum Gasteiger partial charge on any atom is 0.243 e. The zero-order valence-corrected chi connectivity index (χ0v) is 18.1. The Morgan fingerprint density at radius 2 is 2.20 bits per heavy atom. The quantitative estimate of drug-likeness (QED) is 0.792. The Morgan fingerprint density at radius 1 is 1.33 bits per heavy atom. The van der Waals surface area contributed by atoms with Gasteiger partial charge in [0, 0.05) is 43.0 Å². The van der Waals surface area contributed by atoms with E-state index in [1.165, 1.54) is 11.3 Å². The number of aryl methyl sites for hydroxylation is 1. The molecular weight excluding hydrogens is 400 g/mol. The monoisotopic (exact) mass is 428 g/mol. The summed E-state index contributed by atoms with van der Waals surface area (Å²) in [5.41, 5.74) is 0. The van der Waals surface area contributed by atoms with Gasteiger partial charge in [-0.15, -0.1) is 11.3 Å². The number of carbonyl (C=O) groups is 2. The molecule has 2 aromatic rings. The fourth-order valence-corrected chi connectivity index (χ4v) is 6.17. The van der Waals surface area contributed by atoms with Crippen LogP contribution in [0.1, 0.15) is 42.2 Å². The summed E-state index contributed by atoms with van der Waals surface area (Å²) < 4.78 is 5.80. The van der Waals surface area contributed by atoms with Crippen LogP contribution in [0.3, 0.4) is 0 Å². The minimum absolute atomic E-state index is 0.0374. The van der Waals surface area contributed by atoms with Crippen molar-refractivity contribution in [3.63, 3.8) is 0 Å². The molecule has 3 saturated heterocycles. The highest BCUT2D eigenvalue weighted by Crippen LogP contribution is 2.42. The van der Waals surface area contributed by atoms with Crippen LogP contribution in [0.4, 0.5) is 0 Å². The lowest BCUT2D eigenvalue weighted by molar-refractivity contribution is -0.160. The Labute approximate surface area is 180 Å². The van der Waals surface area contributed by atoms with E-state index in [1.54, 1.807) is 6.20 Å². The van der Waals surface area contributed by atoms with Crippen molar-refractivity contribution in [3.05, 3.63) is 40.2 Å². The molecule has 5 heterocycles. The summed E-state index contributed by atoms with van der Waals surface area (Å²) in [7, 11) is 0. The number of hydrogen-bond donors (Lipinski definition) is 1. The first-order valence-corrected chi connectivity index (χ1v) is 11.7. The van der Waals surface area contributed by atoms with Crippen LogP contribution in [0, 0.1) is 18.8 Å². The Hall–Kier alpha value is -2.19. The molecule has 4 atom stereocenters. The summed E-state index contributed by atoms with van der Waals surface area (Å²) in [6.07, 6.45) is 5.23. The topological polar surface area (TPSA) is 78.7 Å². The van der Waals surface area contributed by atoms with E-state index in [1.807, 2.05) is 29.3 Å². The molecule has 0 radical (unpaired) electrons. The number of fused-ring (bicyclic) bond motifs is 4. The minimum Gasteiger partial charge on any atom is -0.465 e. The van der Waals surface area contributed by atoms with E-state index in [-0.39, 0.29) is 29.8 Å². The van der Waals surface area contributed by atoms with Gasteiger partial charge in [0.1, 0.15) is 22.6 Å². The molecule has 2 aromatic heterocycles. The van der Waals surface area contributed by atoms with Crippen molar-refractivity contribution >= 4 is 23.2 Å². The molecule has 1 N–H and O–H groups in total. The van der Waals surface area contributed by atoms with Crippen molar-refractivity contribution in [2.24, 2.45) is 11.8 Å². The van der Waals surface area contributed by atoms with Crippen molar-refractivity contribution in [1.82, 2.24) is 20.1 Å². The molecular formula is C22H28N4O3S. The third-order valence-electron chi connectivity index (χ3n) is 6.76. The molecule has 7 nitrogen and oxygen atoms in total. The highest BCUT2D eigenvalue weighted by atomic mass is 32.1. The zero-order chi connectivity index (χ0) is 20.7. The van der Waals surface area contributed by atoms with Gasteiger partial charge in [-0.2, -0.15) is 0 Å². The zero-order valence-electron chi connectivity index (χ0n) is 17.3. The van der Waals surface area contributed by atoms with Crippen LogP contribution in [0.25, 0.3) is 0 Å². The molecule has 0 spiro atoms. The molecule has 0 aliphatic carbocycles. The summed E-state index contributed by atoms with van der Waals surface area (Å²) in [6, 6.07) is 3.81. The van der Waals surface area contributed by atoms with E-state index in [2.05, 4.69) is 15.2 Å². The summed E-state index contributed by atoms with van der Waals surface area (Å²) in [5.74, 6) is 2.57. The molecule has 3 aliphatic rings. The van der Waals surface area contributed by atoms with E-state index >= 15 is 0 Å². The fourth-order valence-electron chi connectivity index (χ4n) is 5.62. The number of rotatable bonds is 5. The van der Waals surface area contributed by atoms with Crippen LogP contribution < -0.4 is 5.32 Å². The van der Waals surface area contributed by atoms with Crippen molar-refractivity contribution < 1.29 is 14.0 Å². The van der Waals surface area contributed by atoms with E-state index in [9.17, 15) is 9.59 Å². The highest BCUT2D eigenvalue weighted by molar-refractivity contribution is 7.09. The summed E-state index contributed by atoms with van der Waals surface area (Å²) >= 11 is 1.53. The second-order valence-corrected chi connectivity index (χ2v) is 9.79. The van der Waals surface area contributed by atoms with Gasteiger partial charge in [0.05, 0.1) is 13.1 Å². The van der Waals surface area contributed by atoms with E-state index < -0.39 is 0 Å². The SMILES string of the molecule is Cc1ccc(CN2C[C@H]3C[C@@H](C2)[C@H](C(=O)NCc2nccs2)N2C(=O)CCC[C@@H]32)o1. The van der Waals surface area contributed by atoms with Gasteiger partial charge >= 0.3 is 0 Å². The lowest BCUT2D eigenvalue weighted by atomic mass is 9.71. The lowest BCUT2D eigenvalue weighted by Gasteiger charge is -2.55. The lowest BCUT2D eigenvalue weighted by Crippen LogP contribution is -2.68. The molecule has 2 amide bonds. The molecule has 3 aliphatic heterocycles. The van der Waals surface area contributed by atoms with Gasteiger partial charge in [0.15, 0.2) is 0 Å². The molecule has 8 heteroatoms. The molecule has 30 heavy (non-hydrogen) atoms. The van der Waals surface area contributed by atoms with Crippen molar-refractivity contribution in [2.75, 3.05) is 13.1 Å². The van der Waals surface area contributed by atoms with Gasteiger partial charge in [0.25, 0.3) is 0 Å². The number of likely N-dealkylation sites (tertiary alicyclic amines) is 1. The first-order chi connectivity index (χ1) is 14.6. The standard InChI is InChI=1S/C22H28N4O3S/c1-14-5-6-17(29-14)13-25-11-15-9-16(12-25)21(26-18(15)3-2-4-20(26)27)22(28)24-10-19-23-7-8-30-19/h5-8,15-16,18,21H,2-4,9-13H2,1H3,(H,24,28)/t15-,16+,18+,21-/m1/s1. The number of thiazole rings is 1. The van der Waals surface area contributed by atoms with Crippen molar-refractivity contribution in [3.8, 4) is 0 Å². The Bertz CT molecular complexity index is 911. The molecule has 2 bridgehead atoms. The van der Waals surface area contributed by atoms with Crippen LogP contribution in [0.15, 0.2) is 28.1 Å². The maximum atomic E-state index is 13.3. The van der Waals surface area contributed by atoms with E-state index in [0.717, 1.165) is 55.4 Å². The summed E-state index contributed by atoms with van der Waals surface area (Å²) in [6.45, 7) is 4.91. The number of amides is 2. The Morgan fingerprint density at radius 3 is 2.97 bits per heavy atom. The average molecular weight is 429 g/mol. The summed E-state index contributed by atoms with van der Waals surface area (Å²) in [5, 5.41) is 5.85. The number of piperidine rings is 3. The highest BCUT2D eigenvalue weighted by Gasteiger charge is 2.51. The van der Waals surface area contributed by atoms with Gasteiger partial charge in [0.2, 0.25) is 11.8 Å². The predicted molar refractivity (Wildman–Crippen MR) is 113 cm³/mol. The van der Waals surface area contributed by atoms with Crippen molar-refractivity contribution in [1.29, 1.82) is 0 Å². The molecule has 160 valence electrons. The number of nitrogens with one attached hydrogen (secondary N) is 1. The summed E-state index contributed by atoms with van der Waals surface area (Å²) in [4.78, 5) is 34.8. The molecule has 0 unspecified atom stereocenters. The first kappa shape index (κ1) is 19.8. The second kappa shape index (κ2) is 8.15. The van der Waals surface area contributed by atoms with E-state index in [4.69, 9.17) is 4.42 Å². The largest absolute Gasteiger partial charge is 0.465 e. The van der Waals surface area contributed by atoms with E-state index in [0.29, 0.717) is 18.9 Å². The number of furan rings is 1. The Balaban J connectivity index is 1.36. The van der Waals surface area contributed by atoms with Crippen LogP contribution in [-0.2, 0) is 22.7 Å². The third kappa shape index (κ3) is 3.78. The molecule has 0 aromatic carbocycles. The normalized spacial score (nSPS) is 29.0. The number of nitrogens with zero attached hydrogens (tertiary/aromatic N) is 3. The minimum atomic E-state index is -0.389. The molecule has 0 saturated carbocycles. The Kier molecular flexibility index (Phi) is 5.37. The van der Waals surface area contributed by atoms with Gasteiger partial charge in [-0.3, -0.25) is 14.5 Å². The van der Waals surface area contributed by atoms with Crippen LogP contribution in [-0.4, -0.2) is 51.8 Å². The smallest absolute Gasteiger partial charge is 0.243 e. The van der Waals surface area contributed by atoms with Crippen LogP contribution in [0.5, 0.6) is 0 Å². The average Bonchev–Trinajstić information content (AvgIpc) is 3.39. The maximum absolute atomic E-state index is 13.3. The predicted octanol–water partition coefficient (Wildman–Crippen LogP) is 2.56. The van der Waals surface area contributed by atoms with Gasteiger partial charge in [-0.1, -0.05) is 0 Å². The van der Waals surface area contributed by atoms with Crippen molar-refractivity contribution in [2.45, 2.75) is 57.8 Å². The van der Waals surface area contributed by atoms with Gasteiger partial charge in [-0.25, -0.2) is 4.98 Å². The molecule has 3 fully saturated rings. The third-order valence-corrected chi connectivity index (χ3v) is 7.54.